The minimum Gasteiger partial charge on any atom is -0.481 e. The Bertz CT molecular complexity index is 862. The molecule has 0 saturated carbocycles. The fourth-order valence-electron chi connectivity index (χ4n) is 5.07. The van der Waals surface area contributed by atoms with Crippen molar-refractivity contribution in [2.45, 2.75) is 25.7 Å². The van der Waals surface area contributed by atoms with E-state index in [1.165, 1.54) is 0 Å². The summed E-state index contributed by atoms with van der Waals surface area (Å²) in [5.74, 6) is -1.79. The van der Waals surface area contributed by atoms with Crippen LogP contribution in [0.1, 0.15) is 24.0 Å². The zero-order valence-corrected chi connectivity index (χ0v) is 20.0. The lowest BCUT2D eigenvalue weighted by molar-refractivity contribution is -0.144. The number of hydrogen-bond donors (Lipinski definition) is 5. The van der Waals surface area contributed by atoms with Gasteiger partial charge in [-0.25, -0.2) is 0 Å². The van der Waals surface area contributed by atoms with Gasteiger partial charge in [-0.15, -0.1) is 12.4 Å². The smallest absolute Gasteiger partial charge is 0.307 e. The molecule has 2 saturated heterocycles. The van der Waals surface area contributed by atoms with Gasteiger partial charge < -0.3 is 26.2 Å². The van der Waals surface area contributed by atoms with Gasteiger partial charge in [-0.05, 0) is 99.1 Å². The summed E-state index contributed by atoms with van der Waals surface area (Å²) in [6.45, 7) is 3.34. The Kier molecular flexibility index (Phi) is 9.33. The molecule has 2 aliphatic rings. The molecule has 2 heterocycles. The van der Waals surface area contributed by atoms with Crippen LogP contribution >= 0.6 is 12.4 Å². The monoisotopic (exact) mass is 487 g/mol. The largest absolute Gasteiger partial charge is 0.481 e. The van der Waals surface area contributed by atoms with Crippen LogP contribution in [0.15, 0.2) is 48.5 Å². The Morgan fingerprint density at radius 3 is 1.44 bits per heavy atom. The van der Waals surface area contributed by atoms with E-state index < -0.39 is 11.9 Å². The molecule has 8 heteroatoms. The van der Waals surface area contributed by atoms with Gasteiger partial charge in [0, 0.05) is 11.4 Å². The van der Waals surface area contributed by atoms with Crippen LogP contribution in [0.25, 0.3) is 0 Å². The van der Waals surface area contributed by atoms with E-state index >= 15 is 0 Å². The van der Waals surface area contributed by atoms with Gasteiger partial charge in [-0.2, -0.15) is 0 Å². The van der Waals surface area contributed by atoms with Crippen molar-refractivity contribution < 1.29 is 19.8 Å². The van der Waals surface area contributed by atoms with Crippen molar-refractivity contribution in [1.29, 1.82) is 0 Å². The molecule has 184 valence electrons. The Balaban J connectivity index is 0.00000324. The van der Waals surface area contributed by atoms with E-state index in [0.29, 0.717) is 12.8 Å². The molecule has 0 aromatic heterocycles. The van der Waals surface area contributed by atoms with Crippen molar-refractivity contribution in [2.24, 2.45) is 23.7 Å². The Morgan fingerprint density at radius 2 is 1.15 bits per heavy atom. The van der Waals surface area contributed by atoms with Crippen molar-refractivity contribution in [3.8, 4) is 0 Å². The first-order chi connectivity index (χ1) is 16.0. The highest BCUT2D eigenvalue weighted by molar-refractivity contribution is 5.85. The summed E-state index contributed by atoms with van der Waals surface area (Å²) in [7, 11) is 0. The number of carboxylic acid groups (broad SMARTS) is 2. The van der Waals surface area contributed by atoms with Gasteiger partial charge in [0.1, 0.15) is 0 Å². The number of nitrogens with one attached hydrogen (secondary N) is 3. The molecule has 2 aromatic rings. The third kappa shape index (κ3) is 6.72. The number of rotatable bonds is 10. The van der Waals surface area contributed by atoms with Crippen LogP contribution < -0.4 is 16.0 Å². The standard InChI is InChI=1S/C26H33N3O4.ClH/c30-25(31)23(19-9-11-27-15-19)13-17-1-5-21(6-2-17)29-22-7-3-18(4-8-22)14-24(26(32)33)20-10-12-28-16-20;/h1-8,19-20,23-24,27-29H,9-16H2,(H,30,31)(H,32,33);1H/t19-,20-,23-,24-;/m0./s1. The fraction of sp³-hybridized carbons (Fsp3) is 0.462. The summed E-state index contributed by atoms with van der Waals surface area (Å²) < 4.78 is 0. The number of carbonyl (C=O) groups is 2. The van der Waals surface area contributed by atoms with Crippen LogP contribution in [0.4, 0.5) is 11.4 Å². The van der Waals surface area contributed by atoms with Crippen molar-refractivity contribution in [3.63, 3.8) is 0 Å². The van der Waals surface area contributed by atoms with Crippen LogP contribution in [-0.4, -0.2) is 48.3 Å². The summed E-state index contributed by atoms with van der Waals surface area (Å²) in [6, 6.07) is 15.9. The maximum Gasteiger partial charge on any atom is 0.307 e. The second kappa shape index (κ2) is 12.2. The lowest BCUT2D eigenvalue weighted by atomic mass is 9.86. The third-order valence-corrected chi connectivity index (χ3v) is 7.08. The summed E-state index contributed by atoms with van der Waals surface area (Å²) in [5.41, 5.74) is 3.91. The summed E-state index contributed by atoms with van der Waals surface area (Å²) in [5, 5.41) is 29.2. The molecule has 0 aliphatic carbocycles. The van der Waals surface area contributed by atoms with E-state index in [4.69, 9.17) is 0 Å². The number of anilines is 2. The van der Waals surface area contributed by atoms with Gasteiger partial charge in [0.05, 0.1) is 11.8 Å². The van der Waals surface area contributed by atoms with Crippen molar-refractivity contribution in [3.05, 3.63) is 59.7 Å². The zero-order chi connectivity index (χ0) is 23.2. The molecular weight excluding hydrogens is 454 g/mol. The second-order valence-corrected chi connectivity index (χ2v) is 9.32. The van der Waals surface area contributed by atoms with Crippen LogP contribution in [0.3, 0.4) is 0 Å². The van der Waals surface area contributed by atoms with Gasteiger partial charge in [0.2, 0.25) is 0 Å². The minimum absolute atomic E-state index is 0. The number of halogens is 1. The van der Waals surface area contributed by atoms with E-state index in [1.54, 1.807) is 0 Å². The molecule has 34 heavy (non-hydrogen) atoms. The van der Waals surface area contributed by atoms with Gasteiger partial charge in [0.15, 0.2) is 0 Å². The van der Waals surface area contributed by atoms with Crippen LogP contribution in [0, 0.1) is 23.7 Å². The quantitative estimate of drug-likeness (QED) is 0.348. The molecular formula is C26H34ClN3O4. The molecule has 4 rings (SSSR count). The predicted octanol–water partition coefficient (Wildman–Crippen LogP) is 3.56. The number of aliphatic carboxylic acids is 2. The summed E-state index contributed by atoms with van der Waals surface area (Å²) in [6.07, 6.45) is 2.91. The second-order valence-electron chi connectivity index (χ2n) is 9.32. The van der Waals surface area contributed by atoms with Crippen molar-refractivity contribution in [2.75, 3.05) is 31.5 Å². The Hall–Kier alpha value is -2.61. The topological polar surface area (TPSA) is 111 Å². The molecule has 2 aromatic carbocycles. The van der Waals surface area contributed by atoms with Crippen LogP contribution in [0.2, 0.25) is 0 Å². The normalized spacial score (nSPS) is 21.4. The van der Waals surface area contributed by atoms with Crippen molar-refractivity contribution in [1.82, 2.24) is 10.6 Å². The first kappa shape index (κ1) is 26.0. The first-order valence-electron chi connectivity index (χ1n) is 11.8. The molecule has 0 bridgehead atoms. The number of carboxylic acids is 2. The molecule has 0 spiro atoms. The Labute approximate surface area is 206 Å². The van der Waals surface area contributed by atoms with E-state index in [2.05, 4.69) is 16.0 Å². The highest BCUT2D eigenvalue weighted by atomic mass is 35.5. The highest BCUT2D eigenvalue weighted by Crippen LogP contribution is 2.27. The first-order valence-corrected chi connectivity index (χ1v) is 11.8. The van der Waals surface area contributed by atoms with Gasteiger partial charge in [-0.3, -0.25) is 9.59 Å². The molecule has 5 N–H and O–H groups in total. The number of hydrogen-bond acceptors (Lipinski definition) is 5. The van der Waals surface area contributed by atoms with E-state index in [0.717, 1.165) is 61.5 Å². The highest BCUT2D eigenvalue weighted by Gasteiger charge is 2.31. The molecule has 7 nitrogen and oxygen atoms in total. The van der Waals surface area contributed by atoms with Gasteiger partial charge >= 0.3 is 11.9 Å². The van der Waals surface area contributed by atoms with Gasteiger partial charge in [-0.1, -0.05) is 24.3 Å². The SMILES string of the molecule is Cl.O=C(O)[C@@H](Cc1ccc(Nc2ccc(C[C@H](C(=O)O)[C@H]3CCNC3)cc2)cc1)[C@H]1CCNC1. The van der Waals surface area contributed by atoms with E-state index in [-0.39, 0.29) is 36.1 Å². The molecule has 0 amide bonds. The zero-order valence-electron chi connectivity index (χ0n) is 19.2. The van der Waals surface area contributed by atoms with Gasteiger partial charge in [0.25, 0.3) is 0 Å². The lowest BCUT2D eigenvalue weighted by Gasteiger charge is -2.19. The van der Waals surface area contributed by atoms with E-state index in [9.17, 15) is 19.8 Å². The molecule has 0 unspecified atom stereocenters. The van der Waals surface area contributed by atoms with E-state index in [1.807, 2.05) is 48.5 Å². The van der Waals surface area contributed by atoms with Crippen molar-refractivity contribution >= 4 is 35.7 Å². The number of benzene rings is 2. The average Bonchev–Trinajstić information content (AvgIpc) is 3.52. The van der Waals surface area contributed by atoms with Crippen LogP contribution in [-0.2, 0) is 22.4 Å². The average molecular weight is 488 g/mol. The molecule has 2 fully saturated rings. The Morgan fingerprint density at radius 1 is 0.765 bits per heavy atom. The predicted molar refractivity (Wildman–Crippen MR) is 135 cm³/mol. The molecule has 2 aliphatic heterocycles. The molecule has 4 atom stereocenters. The summed E-state index contributed by atoms with van der Waals surface area (Å²) in [4.78, 5) is 23.5. The maximum absolute atomic E-state index is 11.7. The fourth-order valence-corrected chi connectivity index (χ4v) is 5.07. The third-order valence-electron chi connectivity index (χ3n) is 7.08. The lowest BCUT2D eigenvalue weighted by Crippen LogP contribution is -2.27. The molecule has 0 radical (unpaired) electrons. The van der Waals surface area contributed by atoms with Crippen LogP contribution in [0.5, 0.6) is 0 Å². The minimum atomic E-state index is -0.722. The summed E-state index contributed by atoms with van der Waals surface area (Å²) >= 11 is 0. The maximum atomic E-state index is 11.7.